The number of hydrogen-bond acceptors (Lipinski definition) is 2. The molecule has 0 unspecified atom stereocenters. The Bertz CT molecular complexity index is 786. The maximum Gasteiger partial charge on any atom is 0.293 e. The van der Waals surface area contributed by atoms with Crippen LogP contribution in [0.5, 0.6) is 0 Å². The molecule has 0 atom stereocenters. The third-order valence-electron chi connectivity index (χ3n) is 3.72. The Kier molecular flexibility index (Phi) is 3.18. The molecule has 0 radical (unpaired) electrons. The number of aryl methyl sites for hydroxylation is 2. The molecular formula is C17H17NO2. The van der Waals surface area contributed by atoms with Crippen LogP contribution in [0.25, 0.3) is 21.8 Å². The Morgan fingerprint density at radius 2 is 1.80 bits per heavy atom. The Hall–Kier alpha value is -2.29. The van der Waals surface area contributed by atoms with Gasteiger partial charge in [0.2, 0.25) is 0 Å². The summed E-state index contributed by atoms with van der Waals surface area (Å²) in [6, 6.07) is 12.8. The van der Waals surface area contributed by atoms with E-state index in [9.17, 15) is 4.79 Å². The van der Waals surface area contributed by atoms with Gasteiger partial charge in [0.25, 0.3) is 6.47 Å². The molecule has 0 N–H and O–H groups in total. The summed E-state index contributed by atoms with van der Waals surface area (Å²) in [6.07, 6.45) is 0. The summed E-state index contributed by atoms with van der Waals surface area (Å²) >= 11 is 0. The number of aromatic nitrogens is 1. The van der Waals surface area contributed by atoms with E-state index in [0.717, 1.165) is 12.1 Å². The normalized spacial score (nSPS) is 11.1. The first-order chi connectivity index (χ1) is 9.74. The van der Waals surface area contributed by atoms with Crippen molar-refractivity contribution >= 4 is 28.3 Å². The van der Waals surface area contributed by atoms with Crippen molar-refractivity contribution in [2.24, 2.45) is 0 Å². The molecule has 0 saturated carbocycles. The van der Waals surface area contributed by atoms with E-state index < -0.39 is 0 Å². The monoisotopic (exact) mass is 267 g/mol. The standard InChI is InChI=1S/C17H17NO2/c1-3-18-16-6-4-12(2)8-14(16)15-9-13(10-20-11-19)5-7-17(15)18/h4-9,11H,3,10H2,1-2H3. The van der Waals surface area contributed by atoms with Crippen LogP contribution in [0.2, 0.25) is 0 Å². The lowest BCUT2D eigenvalue weighted by Gasteiger charge is -2.03. The van der Waals surface area contributed by atoms with E-state index in [1.165, 1.54) is 27.4 Å². The molecule has 0 aliphatic heterocycles. The number of carbonyl (C=O) groups excluding carboxylic acids is 1. The third kappa shape index (κ3) is 1.95. The highest BCUT2D eigenvalue weighted by atomic mass is 16.5. The summed E-state index contributed by atoms with van der Waals surface area (Å²) in [5.74, 6) is 0. The van der Waals surface area contributed by atoms with E-state index in [2.05, 4.69) is 48.7 Å². The average molecular weight is 267 g/mol. The SMILES string of the molecule is CCn1c2ccc(C)cc2c2cc(COC=O)ccc21. The number of nitrogens with zero attached hydrogens (tertiary/aromatic N) is 1. The highest BCUT2D eigenvalue weighted by Crippen LogP contribution is 2.30. The lowest BCUT2D eigenvalue weighted by Crippen LogP contribution is -1.93. The van der Waals surface area contributed by atoms with Crippen molar-refractivity contribution < 1.29 is 9.53 Å². The Morgan fingerprint density at radius 1 is 1.10 bits per heavy atom. The maximum absolute atomic E-state index is 10.3. The molecule has 1 heterocycles. The van der Waals surface area contributed by atoms with E-state index in [4.69, 9.17) is 4.74 Å². The maximum atomic E-state index is 10.3. The van der Waals surface area contributed by atoms with Crippen molar-refractivity contribution in [2.75, 3.05) is 0 Å². The van der Waals surface area contributed by atoms with Crippen molar-refractivity contribution in [3.8, 4) is 0 Å². The molecule has 3 aromatic rings. The summed E-state index contributed by atoms with van der Waals surface area (Å²) in [6.45, 7) is 6.01. The molecule has 0 bridgehead atoms. The van der Waals surface area contributed by atoms with Crippen molar-refractivity contribution in [3.63, 3.8) is 0 Å². The Morgan fingerprint density at radius 3 is 2.50 bits per heavy atom. The fraction of sp³-hybridized carbons (Fsp3) is 0.235. The summed E-state index contributed by atoms with van der Waals surface area (Å²) in [4.78, 5) is 10.3. The fourth-order valence-electron chi connectivity index (χ4n) is 2.83. The molecule has 0 amide bonds. The number of carbonyl (C=O) groups is 1. The first-order valence-electron chi connectivity index (χ1n) is 6.81. The molecule has 0 aliphatic carbocycles. The van der Waals surface area contributed by atoms with Crippen LogP contribution in [0, 0.1) is 6.92 Å². The molecule has 0 spiro atoms. The molecule has 0 aliphatic rings. The quantitative estimate of drug-likeness (QED) is 0.673. The van der Waals surface area contributed by atoms with Gasteiger partial charge in [-0.15, -0.1) is 0 Å². The van der Waals surface area contributed by atoms with E-state index in [1.807, 2.05) is 6.07 Å². The second kappa shape index (κ2) is 5.00. The van der Waals surface area contributed by atoms with E-state index in [-0.39, 0.29) is 0 Å². The average Bonchev–Trinajstić information content (AvgIpc) is 2.77. The van der Waals surface area contributed by atoms with Crippen molar-refractivity contribution in [1.82, 2.24) is 4.57 Å². The summed E-state index contributed by atoms with van der Waals surface area (Å²) < 4.78 is 7.16. The van der Waals surface area contributed by atoms with Gasteiger partial charge in [0.15, 0.2) is 0 Å². The number of rotatable bonds is 4. The van der Waals surface area contributed by atoms with Crippen molar-refractivity contribution in [3.05, 3.63) is 47.5 Å². The zero-order chi connectivity index (χ0) is 14.1. The van der Waals surface area contributed by atoms with Gasteiger partial charge in [-0.1, -0.05) is 17.7 Å². The largest absolute Gasteiger partial charge is 0.463 e. The number of ether oxygens (including phenoxy) is 1. The Balaban J connectivity index is 2.29. The van der Waals surface area contributed by atoms with Crippen LogP contribution >= 0.6 is 0 Å². The molecule has 0 saturated heterocycles. The van der Waals surface area contributed by atoms with Crippen LogP contribution < -0.4 is 0 Å². The highest BCUT2D eigenvalue weighted by Gasteiger charge is 2.10. The van der Waals surface area contributed by atoms with Gasteiger partial charge >= 0.3 is 0 Å². The van der Waals surface area contributed by atoms with Gasteiger partial charge in [0.1, 0.15) is 6.61 Å². The Labute approximate surface area is 117 Å². The van der Waals surface area contributed by atoms with Gasteiger partial charge in [-0.3, -0.25) is 4.79 Å². The third-order valence-corrected chi connectivity index (χ3v) is 3.72. The summed E-state index contributed by atoms with van der Waals surface area (Å²) in [5.41, 5.74) is 4.74. The minimum absolute atomic E-state index is 0.323. The second-order valence-corrected chi connectivity index (χ2v) is 5.02. The second-order valence-electron chi connectivity index (χ2n) is 5.02. The van der Waals surface area contributed by atoms with E-state index in [0.29, 0.717) is 13.1 Å². The van der Waals surface area contributed by atoms with Crippen molar-refractivity contribution in [2.45, 2.75) is 27.0 Å². The van der Waals surface area contributed by atoms with Crippen LogP contribution in [0.1, 0.15) is 18.1 Å². The van der Waals surface area contributed by atoms with Gasteiger partial charge in [-0.05, 0) is 43.7 Å². The number of fused-ring (bicyclic) bond motifs is 3. The first kappa shape index (κ1) is 12.7. The number of hydrogen-bond donors (Lipinski definition) is 0. The predicted molar refractivity (Wildman–Crippen MR) is 80.7 cm³/mol. The van der Waals surface area contributed by atoms with Crippen LogP contribution in [-0.4, -0.2) is 11.0 Å². The van der Waals surface area contributed by atoms with Crippen LogP contribution in [0.15, 0.2) is 36.4 Å². The lowest BCUT2D eigenvalue weighted by atomic mass is 10.1. The summed E-state index contributed by atoms with van der Waals surface area (Å²) in [5, 5.41) is 2.48. The minimum atomic E-state index is 0.323. The lowest BCUT2D eigenvalue weighted by molar-refractivity contribution is -0.129. The zero-order valence-corrected chi connectivity index (χ0v) is 11.7. The van der Waals surface area contributed by atoms with E-state index >= 15 is 0 Å². The minimum Gasteiger partial charge on any atom is -0.463 e. The topological polar surface area (TPSA) is 31.2 Å². The smallest absolute Gasteiger partial charge is 0.293 e. The molecule has 2 aromatic carbocycles. The first-order valence-corrected chi connectivity index (χ1v) is 6.81. The summed E-state index contributed by atoms with van der Waals surface area (Å²) in [7, 11) is 0. The van der Waals surface area contributed by atoms with Gasteiger partial charge in [-0.2, -0.15) is 0 Å². The van der Waals surface area contributed by atoms with Crippen molar-refractivity contribution in [1.29, 1.82) is 0 Å². The van der Waals surface area contributed by atoms with E-state index in [1.54, 1.807) is 0 Å². The predicted octanol–water partition coefficient (Wildman–Crippen LogP) is 3.80. The molecule has 0 fully saturated rings. The van der Waals surface area contributed by atoms with Crippen LogP contribution in [0.3, 0.4) is 0 Å². The fourth-order valence-corrected chi connectivity index (χ4v) is 2.83. The molecule has 20 heavy (non-hydrogen) atoms. The molecule has 3 rings (SSSR count). The molecule has 3 nitrogen and oxygen atoms in total. The van der Waals surface area contributed by atoms with Gasteiger partial charge in [0, 0.05) is 28.4 Å². The zero-order valence-electron chi connectivity index (χ0n) is 11.7. The van der Waals surface area contributed by atoms with Gasteiger partial charge in [-0.25, -0.2) is 0 Å². The molecule has 3 heteroatoms. The van der Waals surface area contributed by atoms with Crippen LogP contribution in [0.4, 0.5) is 0 Å². The van der Waals surface area contributed by atoms with Crippen LogP contribution in [-0.2, 0) is 22.7 Å². The van der Waals surface area contributed by atoms with Gasteiger partial charge < -0.3 is 9.30 Å². The number of benzene rings is 2. The highest BCUT2D eigenvalue weighted by molar-refractivity contribution is 6.08. The van der Waals surface area contributed by atoms with Gasteiger partial charge in [0.05, 0.1) is 0 Å². The molecule has 1 aromatic heterocycles. The molecule has 102 valence electrons. The molecular weight excluding hydrogens is 250 g/mol.